The zero-order valence-corrected chi connectivity index (χ0v) is 6.66. The van der Waals surface area contributed by atoms with E-state index < -0.39 is 0 Å². The van der Waals surface area contributed by atoms with E-state index in [0.717, 1.165) is 25.4 Å². The third-order valence-corrected chi connectivity index (χ3v) is 1.96. The number of imidazole rings is 1. The van der Waals surface area contributed by atoms with E-state index >= 15 is 0 Å². The van der Waals surface area contributed by atoms with E-state index in [9.17, 15) is 0 Å². The molecule has 3 nitrogen and oxygen atoms in total. The van der Waals surface area contributed by atoms with Crippen molar-refractivity contribution in [1.82, 2.24) is 9.55 Å². The summed E-state index contributed by atoms with van der Waals surface area (Å²) in [6.07, 6.45) is 5.28. The van der Waals surface area contributed by atoms with E-state index in [1.165, 1.54) is 0 Å². The van der Waals surface area contributed by atoms with Gasteiger partial charge in [-0.1, -0.05) is 0 Å². The van der Waals surface area contributed by atoms with Crippen LogP contribution in [0.15, 0.2) is 12.4 Å². The molecule has 11 heavy (non-hydrogen) atoms. The highest BCUT2D eigenvalue weighted by molar-refractivity contribution is 4.96. The molecule has 1 fully saturated rings. The monoisotopic (exact) mass is 152 g/mol. The first-order valence-electron chi connectivity index (χ1n) is 4.01. The molecule has 0 N–H and O–H groups in total. The maximum absolute atomic E-state index is 5.13. The SMILES string of the molecule is CCn1ccnc1CC1CO1. The van der Waals surface area contributed by atoms with Crippen LogP contribution in [-0.4, -0.2) is 22.3 Å². The predicted octanol–water partition coefficient (Wildman–Crippen LogP) is 0.844. The zero-order chi connectivity index (χ0) is 7.68. The van der Waals surface area contributed by atoms with Gasteiger partial charge in [-0.05, 0) is 6.92 Å². The lowest BCUT2D eigenvalue weighted by Gasteiger charge is -2.00. The first kappa shape index (κ1) is 6.85. The van der Waals surface area contributed by atoms with E-state index in [0.29, 0.717) is 6.10 Å². The first-order chi connectivity index (χ1) is 5.40. The van der Waals surface area contributed by atoms with Crippen LogP contribution in [0.2, 0.25) is 0 Å². The number of nitrogens with zero attached hydrogens (tertiary/aromatic N) is 2. The minimum absolute atomic E-state index is 0.447. The molecule has 0 aromatic carbocycles. The molecule has 1 aromatic rings. The number of aryl methyl sites for hydroxylation is 1. The molecule has 2 heterocycles. The van der Waals surface area contributed by atoms with Gasteiger partial charge in [0.05, 0.1) is 12.7 Å². The summed E-state index contributed by atoms with van der Waals surface area (Å²) >= 11 is 0. The Kier molecular flexibility index (Phi) is 1.66. The minimum Gasteiger partial charge on any atom is -0.373 e. The van der Waals surface area contributed by atoms with E-state index in [-0.39, 0.29) is 0 Å². The molecule has 1 atom stereocenters. The molecule has 0 amide bonds. The molecule has 1 aromatic heterocycles. The number of hydrogen-bond donors (Lipinski definition) is 0. The van der Waals surface area contributed by atoms with Crippen molar-refractivity contribution in [3.05, 3.63) is 18.2 Å². The molecular weight excluding hydrogens is 140 g/mol. The fraction of sp³-hybridized carbons (Fsp3) is 0.625. The molecule has 0 aliphatic carbocycles. The van der Waals surface area contributed by atoms with Crippen LogP contribution in [0.4, 0.5) is 0 Å². The molecule has 0 saturated carbocycles. The first-order valence-corrected chi connectivity index (χ1v) is 4.01. The van der Waals surface area contributed by atoms with Gasteiger partial charge in [-0.3, -0.25) is 0 Å². The molecule has 0 spiro atoms. The summed E-state index contributed by atoms with van der Waals surface area (Å²) in [7, 11) is 0. The van der Waals surface area contributed by atoms with Gasteiger partial charge in [0.15, 0.2) is 0 Å². The number of rotatable bonds is 3. The zero-order valence-electron chi connectivity index (χ0n) is 6.66. The molecule has 1 unspecified atom stereocenters. The number of aromatic nitrogens is 2. The van der Waals surface area contributed by atoms with Crippen LogP contribution in [0.3, 0.4) is 0 Å². The van der Waals surface area contributed by atoms with E-state index in [4.69, 9.17) is 4.74 Å². The number of ether oxygens (including phenoxy) is 1. The summed E-state index contributed by atoms with van der Waals surface area (Å²) in [6.45, 7) is 4.04. The normalized spacial score (nSPS) is 22.1. The Bertz CT molecular complexity index is 240. The topological polar surface area (TPSA) is 30.4 Å². The Morgan fingerprint density at radius 2 is 2.64 bits per heavy atom. The van der Waals surface area contributed by atoms with Crippen LogP contribution in [0.5, 0.6) is 0 Å². The summed E-state index contributed by atoms with van der Waals surface area (Å²) in [5, 5.41) is 0. The Morgan fingerprint density at radius 3 is 3.27 bits per heavy atom. The Morgan fingerprint density at radius 1 is 1.82 bits per heavy atom. The minimum atomic E-state index is 0.447. The van der Waals surface area contributed by atoms with Crippen molar-refractivity contribution in [3.63, 3.8) is 0 Å². The average Bonchev–Trinajstić information content (AvgIpc) is 2.68. The fourth-order valence-corrected chi connectivity index (χ4v) is 1.21. The highest BCUT2D eigenvalue weighted by Crippen LogP contribution is 2.14. The van der Waals surface area contributed by atoms with Gasteiger partial charge in [0, 0.05) is 25.4 Å². The lowest BCUT2D eigenvalue weighted by atomic mass is 10.3. The van der Waals surface area contributed by atoms with Crippen molar-refractivity contribution in [2.24, 2.45) is 0 Å². The lowest BCUT2D eigenvalue weighted by molar-refractivity contribution is 0.401. The number of hydrogen-bond acceptors (Lipinski definition) is 2. The molecule has 60 valence electrons. The third kappa shape index (κ3) is 1.43. The molecule has 1 aliphatic rings. The van der Waals surface area contributed by atoms with Crippen molar-refractivity contribution in [2.45, 2.75) is 26.0 Å². The van der Waals surface area contributed by atoms with Crippen molar-refractivity contribution < 1.29 is 4.74 Å². The second-order valence-electron chi connectivity index (χ2n) is 2.79. The summed E-state index contributed by atoms with van der Waals surface area (Å²) < 4.78 is 7.28. The molecule has 1 saturated heterocycles. The van der Waals surface area contributed by atoms with Crippen molar-refractivity contribution in [3.8, 4) is 0 Å². The second kappa shape index (κ2) is 2.66. The lowest BCUT2D eigenvalue weighted by Crippen LogP contribution is -2.04. The Balaban J connectivity index is 2.07. The van der Waals surface area contributed by atoms with Gasteiger partial charge >= 0.3 is 0 Å². The average molecular weight is 152 g/mol. The molecule has 2 rings (SSSR count). The summed E-state index contributed by atoms with van der Waals surface area (Å²) in [5.74, 6) is 1.15. The van der Waals surface area contributed by atoms with Gasteiger partial charge in [-0.15, -0.1) is 0 Å². The van der Waals surface area contributed by atoms with Crippen LogP contribution in [0.25, 0.3) is 0 Å². The largest absolute Gasteiger partial charge is 0.373 e. The standard InChI is InChI=1S/C8H12N2O/c1-2-10-4-3-9-8(10)5-7-6-11-7/h3-4,7H,2,5-6H2,1H3. The molecule has 0 bridgehead atoms. The predicted molar refractivity (Wildman–Crippen MR) is 41.3 cm³/mol. The van der Waals surface area contributed by atoms with Crippen LogP contribution in [0, 0.1) is 0 Å². The summed E-state index contributed by atoms with van der Waals surface area (Å²) in [4.78, 5) is 4.25. The second-order valence-corrected chi connectivity index (χ2v) is 2.79. The maximum atomic E-state index is 5.13. The highest BCUT2D eigenvalue weighted by atomic mass is 16.6. The van der Waals surface area contributed by atoms with E-state index in [1.54, 1.807) is 0 Å². The van der Waals surface area contributed by atoms with Crippen LogP contribution in [-0.2, 0) is 17.7 Å². The fourth-order valence-electron chi connectivity index (χ4n) is 1.21. The molecule has 0 radical (unpaired) electrons. The van der Waals surface area contributed by atoms with E-state index in [1.807, 2.05) is 12.4 Å². The smallest absolute Gasteiger partial charge is 0.111 e. The molecule has 1 aliphatic heterocycles. The molecule has 3 heteroatoms. The van der Waals surface area contributed by atoms with Crippen LogP contribution < -0.4 is 0 Å². The van der Waals surface area contributed by atoms with Crippen molar-refractivity contribution >= 4 is 0 Å². The van der Waals surface area contributed by atoms with Crippen molar-refractivity contribution in [2.75, 3.05) is 6.61 Å². The molecular formula is C8H12N2O. The van der Waals surface area contributed by atoms with Gasteiger partial charge in [0.1, 0.15) is 5.82 Å². The summed E-state index contributed by atoms with van der Waals surface area (Å²) in [5.41, 5.74) is 0. The Hall–Kier alpha value is -0.830. The van der Waals surface area contributed by atoms with Crippen molar-refractivity contribution in [1.29, 1.82) is 0 Å². The highest BCUT2D eigenvalue weighted by Gasteiger charge is 2.24. The van der Waals surface area contributed by atoms with Gasteiger partial charge in [0.25, 0.3) is 0 Å². The van der Waals surface area contributed by atoms with Crippen LogP contribution in [0.1, 0.15) is 12.7 Å². The van der Waals surface area contributed by atoms with E-state index in [2.05, 4.69) is 16.5 Å². The van der Waals surface area contributed by atoms with Crippen LogP contribution >= 0.6 is 0 Å². The third-order valence-electron chi connectivity index (χ3n) is 1.96. The van der Waals surface area contributed by atoms with Gasteiger partial charge < -0.3 is 9.30 Å². The quantitative estimate of drug-likeness (QED) is 0.601. The maximum Gasteiger partial charge on any atom is 0.111 e. The summed E-state index contributed by atoms with van der Waals surface area (Å²) in [6, 6.07) is 0. The Labute approximate surface area is 66.0 Å². The van der Waals surface area contributed by atoms with Gasteiger partial charge in [-0.25, -0.2) is 4.98 Å². The van der Waals surface area contributed by atoms with Gasteiger partial charge in [0.2, 0.25) is 0 Å². The van der Waals surface area contributed by atoms with Gasteiger partial charge in [-0.2, -0.15) is 0 Å². The number of epoxide rings is 1.